The molecule has 0 aliphatic carbocycles. The summed E-state index contributed by atoms with van der Waals surface area (Å²) in [5.41, 5.74) is 3.73. The van der Waals surface area contributed by atoms with Crippen molar-refractivity contribution in [2.45, 2.75) is 27.3 Å². The van der Waals surface area contributed by atoms with Crippen molar-refractivity contribution in [1.29, 1.82) is 0 Å². The Hall–Kier alpha value is -1.62. The van der Waals surface area contributed by atoms with E-state index in [9.17, 15) is 4.79 Å². The zero-order chi connectivity index (χ0) is 13.7. The minimum atomic E-state index is -0.343. The summed E-state index contributed by atoms with van der Waals surface area (Å²) in [4.78, 5) is 11.3. The van der Waals surface area contributed by atoms with Gasteiger partial charge in [-0.2, -0.15) is 5.10 Å². The molecular formula is C13H21N3O2. The molecule has 0 amide bonds. The van der Waals surface area contributed by atoms with Crippen LogP contribution in [-0.2, 0) is 23.1 Å². The maximum absolute atomic E-state index is 11.3. The minimum absolute atomic E-state index is 0.343. The predicted octanol–water partition coefficient (Wildman–Crippen LogP) is 1.25. The third kappa shape index (κ3) is 3.43. The highest BCUT2D eigenvalue weighted by atomic mass is 16.5. The van der Waals surface area contributed by atoms with Gasteiger partial charge in [-0.05, 0) is 20.8 Å². The lowest BCUT2D eigenvalue weighted by atomic mass is 10.2. The molecule has 1 aromatic rings. The Kier molecular flexibility index (Phi) is 5.09. The van der Waals surface area contributed by atoms with E-state index in [2.05, 4.69) is 17.0 Å². The number of aromatic nitrogens is 2. The lowest BCUT2D eigenvalue weighted by Crippen LogP contribution is -2.22. The Balaban J connectivity index is 2.47. The Morgan fingerprint density at radius 1 is 1.50 bits per heavy atom. The van der Waals surface area contributed by atoms with Crippen LogP contribution in [0.4, 0.5) is 0 Å². The summed E-state index contributed by atoms with van der Waals surface area (Å²) < 4.78 is 6.72. The monoisotopic (exact) mass is 251 g/mol. The van der Waals surface area contributed by atoms with Crippen molar-refractivity contribution in [2.75, 3.05) is 13.2 Å². The van der Waals surface area contributed by atoms with Crippen LogP contribution < -0.4 is 5.32 Å². The van der Waals surface area contributed by atoms with Crippen LogP contribution in [0.5, 0.6) is 0 Å². The summed E-state index contributed by atoms with van der Waals surface area (Å²) >= 11 is 0. The Morgan fingerprint density at radius 3 is 2.67 bits per heavy atom. The molecule has 0 fully saturated rings. The van der Waals surface area contributed by atoms with Crippen LogP contribution in [0.1, 0.15) is 23.9 Å². The molecule has 1 heterocycles. The van der Waals surface area contributed by atoms with Gasteiger partial charge in [0.05, 0.1) is 12.3 Å². The fraction of sp³-hybridized carbons (Fsp3) is 0.538. The summed E-state index contributed by atoms with van der Waals surface area (Å²) in [5.74, 6) is -0.343. The number of nitrogens with one attached hydrogen (secondary N) is 1. The van der Waals surface area contributed by atoms with E-state index in [1.807, 2.05) is 25.6 Å². The SMILES string of the molecule is C=C(CNCc1c(C)nn(C)c1C)C(=O)OCC. The van der Waals surface area contributed by atoms with Crippen LogP contribution in [0.15, 0.2) is 12.2 Å². The van der Waals surface area contributed by atoms with Crippen LogP contribution in [0.3, 0.4) is 0 Å². The fourth-order valence-corrected chi connectivity index (χ4v) is 1.72. The molecular weight excluding hydrogens is 230 g/mol. The summed E-state index contributed by atoms with van der Waals surface area (Å²) in [6.07, 6.45) is 0. The molecule has 0 bridgehead atoms. The Morgan fingerprint density at radius 2 is 2.17 bits per heavy atom. The first-order chi connectivity index (χ1) is 8.47. The van der Waals surface area contributed by atoms with Crippen molar-refractivity contribution < 1.29 is 9.53 Å². The van der Waals surface area contributed by atoms with Crippen LogP contribution in [0.25, 0.3) is 0 Å². The highest BCUT2D eigenvalue weighted by molar-refractivity contribution is 5.88. The van der Waals surface area contributed by atoms with Crippen LogP contribution in [0, 0.1) is 13.8 Å². The quantitative estimate of drug-likeness (QED) is 0.610. The summed E-state index contributed by atoms with van der Waals surface area (Å²) in [6.45, 7) is 10.9. The molecule has 0 aliphatic heterocycles. The summed E-state index contributed by atoms with van der Waals surface area (Å²) in [7, 11) is 1.92. The van der Waals surface area contributed by atoms with E-state index in [0.717, 1.165) is 17.0 Å². The highest BCUT2D eigenvalue weighted by Gasteiger charge is 2.10. The lowest BCUT2D eigenvalue weighted by molar-refractivity contribution is -0.138. The highest BCUT2D eigenvalue weighted by Crippen LogP contribution is 2.11. The molecule has 1 rings (SSSR count). The Labute approximate surface area is 108 Å². The molecule has 18 heavy (non-hydrogen) atoms. The van der Waals surface area contributed by atoms with Crippen molar-refractivity contribution in [3.05, 3.63) is 29.1 Å². The average molecular weight is 251 g/mol. The smallest absolute Gasteiger partial charge is 0.334 e. The molecule has 0 atom stereocenters. The van der Waals surface area contributed by atoms with E-state index in [4.69, 9.17) is 4.74 Å². The van der Waals surface area contributed by atoms with Gasteiger partial charge in [-0.1, -0.05) is 6.58 Å². The van der Waals surface area contributed by atoms with Gasteiger partial charge < -0.3 is 10.1 Å². The van der Waals surface area contributed by atoms with Crippen molar-refractivity contribution in [2.24, 2.45) is 7.05 Å². The van der Waals surface area contributed by atoms with Gasteiger partial charge >= 0.3 is 5.97 Å². The third-order valence-electron chi connectivity index (χ3n) is 2.86. The van der Waals surface area contributed by atoms with Crippen LogP contribution in [0.2, 0.25) is 0 Å². The second kappa shape index (κ2) is 6.35. The van der Waals surface area contributed by atoms with E-state index in [1.54, 1.807) is 6.92 Å². The molecule has 0 saturated heterocycles. The molecule has 100 valence electrons. The topological polar surface area (TPSA) is 56.2 Å². The number of hydrogen-bond acceptors (Lipinski definition) is 4. The summed E-state index contributed by atoms with van der Waals surface area (Å²) in [5, 5.41) is 7.52. The van der Waals surface area contributed by atoms with Gasteiger partial charge in [0.1, 0.15) is 0 Å². The molecule has 5 heteroatoms. The van der Waals surface area contributed by atoms with Gasteiger partial charge in [-0.15, -0.1) is 0 Å². The van der Waals surface area contributed by atoms with E-state index in [0.29, 0.717) is 25.3 Å². The Bertz CT molecular complexity index is 449. The second-order valence-corrected chi connectivity index (χ2v) is 4.20. The zero-order valence-electron chi connectivity index (χ0n) is 11.5. The standard InChI is InChI=1S/C13H21N3O2/c1-6-18-13(17)9(2)7-14-8-12-10(3)15-16(5)11(12)4/h14H,2,6-8H2,1,3-5H3. The van der Waals surface area contributed by atoms with Crippen LogP contribution >= 0.6 is 0 Å². The maximum atomic E-state index is 11.3. The first-order valence-electron chi connectivity index (χ1n) is 6.02. The molecule has 5 nitrogen and oxygen atoms in total. The number of aryl methyl sites for hydroxylation is 2. The van der Waals surface area contributed by atoms with Gasteiger partial charge in [0, 0.05) is 37.0 Å². The molecule has 0 unspecified atom stereocenters. The number of ether oxygens (including phenoxy) is 1. The van der Waals surface area contributed by atoms with E-state index >= 15 is 0 Å². The van der Waals surface area contributed by atoms with Gasteiger partial charge in [0.25, 0.3) is 0 Å². The number of rotatable bonds is 6. The number of nitrogens with zero attached hydrogens (tertiary/aromatic N) is 2. The fourth-order valence-electron chi connectivity index (χ4n) is 1.72. The summed E-state index contributed by atoms with van der Waals surface area (Å²) in [6, 6.07) is 0. The number of esters is 1. The molecule has 0 aliphatic rings. The molecule has 0 aromatic carbocycles. The average Bonchev–Trinajstić information content (AvgIpc) is 2.55. The van der Waals surface area contributed by atoms with Crippen LogP contribution in [-0.4, -0.2) is 28.9 Å². The van der Waals surface area contributed by atoms with Crippen molar-refractivity contribution >= 4 is 5.97 Å². The van der Waals surface area contributed by atoms with E-state index < -0.39 is 0 Å². The first kappa shape index (κ1) is 14.4. The first-order valence-corrected chi connectivity index (χ1v) is 6.02. The van der Waals surface area contributed by atoms with Crippen molar-refractivity contribution in [3.63, 3.8) is 0 Å². The molecule has 0 spiro atoms. The van der Waals surface area contributed by atoms with Crippen molar-refractivity contribution in [3.8, 4) is 0 Å². The predicted molar refractivity (Wildman–Crippen MR) is 70.2 cm³/mol. The van der Waals surface area contributed by atoms with Gasteiger partial charge in [0.2, 0.25) is 0 Å². The number of carbonyl (C=O) groups is 1. The molecule has 1 N–H and O–H groups in total. The number of carbonyl (C=O) groups excluding carboxylic acids is 1. The van der Waals surface area contributed by atoms with Crippen molar-refractivity contribution in [1.82, 2.24) is 15.1 Å². The molecule has 0 radical (unpaired) electrons. The second-order valence-electron chi connectivity index (χ2n) is 4.20. The van der Waals surface area contributed by atoms with E-state index in [1.165, 1.54) is 0 Å². The normalized spacial score (nSPS) is 10.4. The van der Waals surface area contributed by atoms with Gasteiger partial charge in [-0.3, -0.25) is 4.68 Å². The zero-order valence-corrected chi connectivity index (χ0v) is 11.5. The van der Waals surface area contributed by atoms with E-state index in [-0.39, 0.29) is 5.97 Å². The van der Waals surface area contributed by atoms with Gasteiger partial charge in [0.15, 0.2) is 0 Å². The molecule has 1 aromatic heterocycles. The minimum Gasteiger partial charge on any atom is -0.463 e. The third-order valence-corrected chi connectivity index (χ3v) is 2.86. The molecule has 0 saturated carbocycles. The maximum Gasteiger partial charge on any atom is 0.334 e. The lowest BCUT2D eigenvalue weighted by Gasteiger charge is -2.07. The largest absolute Gasteiger partial charge is 0.463 e. The number of hydrogen-bond donors (Lipinski definition) is 1. The van der Waals surface area contributed by atoms with Gasteiger partial charge in [-0.25, -0.2) is 4.79 Å².